The molecule has 1 N–H and O–H groups in total. The fourth-order valence-electron chi connectivity index (χ4n) is 2.26. The van der Waals surface area contributed by atoms with Crippen LogP contribution in [-0.4, -0.2) is 18.7 Å². The van der Waals surface area contributed by atoms with Gasteiger partial charge in [0.05, 0.1) is 18.5 Å². The van der Waals surface area contributed by atoms with Crippen molar-refractivity contribution in [2.24, 2.45) is 4.99 Å². The summed E-state index contributed by atoms with van der Waals surface area (Å²) in [7, 11) is 1.59. The van der Waals surface area contributed by atoms with E-state index in [2.05, 4.69) is 10.3 Å². The number of benzene rings is 2. The van der Waals surface area contributed by atoms with Crippen LogP contribution in [0.3, 0.4) is 0 Å². The number of hydrogen-bond donors (Lipinski definition) is 1. The maximum atomic E-state index is 12.1. The van der Waals surface area contributed by atoms with Gasteiger partial charge in [0.2, 0.25) is 0 Å². The molecule has 0 fully saturated rings. The van der Waals surface area contributed by atoms with E-state index in [0.717, 1.165) is 16.8 Å². The first-order chi connectivity index (χ1) is 10.1. The third-order valence-electron chi connectivity index (χ3n) is 3.40. The Morgan fingerprint density at radius 1 is 1.24 bits per heavy atom. The van der Waals surface area contributed by atoms with Gasteiger partial charge in [0.25, 0.3) is 5.91 Å². The number of ether oxygens (including phenoxy) is 1. The number of halogens is 1. The van der Waals surface area contributed by atoms with Gasteiger partial charge >= 0.3 is 0 Å². The van der Waals surface area contributed by atoms with Crippen LogP contribution in [0.2, 0.25) is 5.02 Å². The molecule has 1 aliphatic rings. The van der Waals surface area contributed by atoms with Crippen molar-refractivity contribution in [1.82, 2.24) is 0 Å². The molecular formula is C16H13ClN2O2. The van der Waals surface area contributed by atoms with E-state index in [-0.39, 0.29) is 5.91 Å². The van der Waals surface area contributed by atoms with Gasteiger partial charge in [-0.1, -0.05) is 17.7 Å². The predicted molar refractivity (Wildman–Crippen MR) is 84.0 cm³/mol. The highest BCUT2D eigenvalue weighted by Gasteiger charge is 2.28. The number of aliphatic imine (C=N–C) groups is 1. The molecule has 0 bridgehead atoms. The Morgan fingerprint density at radius 3 is 2.81 bits per heavy atom. The second-order valence-electron chi connectivity index (χ2n) is 4.71. The lowest BCUT2D eigenvalue weighted by molar-refractivity contribution is -0.110. The van der Waals surface area contributed by atoms with Crippen molar-refractivity contribution in [1.29, 1.82) is 0 Å². The number of hydrogen-bond acceptors (Lipinski definition) is 3. The van der Waals surface area contributed by atoms with E-state index < -0.39 is 0 Å². The third-order valence-corrected chi connectivity index (χ3v) is 3.81. The standard InChI is InChI=1S/C16H13ClN2O2/c1-9-13(17)7-6-12-14(9)19-16(20)15(12)18-10-4-3-5-11(8-10)21-2/h3-8H,1-2H3,(H,18,19,20). The number of nitrogens with one attached hydrogen (secondary N) is 1. The summed E-state index contributed by atoms with van der Waals surface area (Å²) in [5.74, 6) is 0.473. The number of amides is 1. The molecule has 106 valence electrons. The number of anilines is 1. The van der Waals surface area contributed by atoms with Crippen molar-refractivity contribution in [3.8, 4) is 5.75 Å². The SMILES string of the molecule is COc1cccc(N=C2C(=O)Nc3c2ccc(Cl)c3C)c1. The molecule has 1 heterocycles. The van der Waals surface area contributed by atoms with Gasteiger partial charge in [-0.2, -0.15) is 0 Å². The quantitative estimate of drug-likeness (QED) is 0.918. The van der Waals surface area contributed by atoms with Gasteiger partial charge in [-0.15, -0.1) is 0 Å². The van der Waals surface area contributed by atoms with Crippen molar-refractivity contribution in [3.63, 3.8) is 0 Å². The molecule has 1 aliphatic heterocycles. The van der Waals surface area contributed by atoms with Crippen LogP contribution in [0.4, 0.5) is 11.4 Å². The van der Waals surface area contributed by atoms with Crippen molar-refractivity contribution >= 4 is 34.6 Å². The van der Waals surface area contributed by atoms with E-state index in [4.69, 9.17) is 16.3 Å². The summed E-state index contributed by atoms with van der Waals surface area (Å²) >= 11 is 6.08. The molecule has 0 atom stereocenters. The largest absolute Gasteiger partial charge is 0.497 e. The summed E-state index contributed by atoms with van der Waals surface area (Å²) in [5.41, 5.74) is 3.40. The first kappa shape index (κ1) is 13.6. The average Bonchev–Trinajstić information content (AvgIpc) is 2.80. The second-order valence-corrected chi connectivity index (χ2v) is 5.12. The van der Waals surface area contributed by atoms with Crippen LogP contribution in [0.1, 0.15) is 11.1 Å². The third kappa shape index (κ3) is 2.38. The van der Waals surface area contributed by atoms with E-state index in [9.17, 15) is 4.79 Å². The molecule has 0 saturated heterocycles. The molecule has 1 amide bonds. The number of fused-ring (bicyclic) bond motifs is 1. The van der Waals surface area contributed by atoms with Crippen LogP contribution in [0.15, 0.2) is 41.4 Å². The summed E-state index contributed by atoms with van der Waals surface area (Å²) in [6, 6.07) is 10.8. The maximum absolute atomic E-state index is 12.1. The van der Waals surface area contributed by atoms with Gasteiger partial charge in [0.1, 0.15) is 11.5 Å². The van der Waals surface area contributed by atoms with Crippen molar-refractivity contribution in [2.45, 2.75) is 6.92 Å². The normalized spacial score (nSPS) is 15.0. The van der Waals surface area contributed by atoms with Crippen molar-refractivity contribution in [3.05, 3.63) is 52.5 Å². The van der Waals surface area contributed by atoms with E-state index in [0.29, 0.717) is 22.2 Å². The molecule has 2 aromatic carbocycles. The molecule has 0 aromatic heterocycles. The molecule has 0 spiro atoms. The molecule has 3 rings (SSSR count). The number of methoxy groups -OCH3 is 1. The zero-order valence-corrected chi connectivity index (χ0v) is 12.4. The minimum atomic E-state index is -0.224. The van der Waals surface area contributed by atoms with Crippen LogP contribution in [0.5, 0.6) is 5.75 Å². The minimum Gasteiger partial charge on any atom is -0.497 e. The Morgan fingerprint density at radius 2 is 2.05 bits per heavy atom. The molecule has 0 saturated carbocycles. The van der Waals surface area contributed by atoms with Crippen molar-refractivity contribution < 1.29 is 9.53 Å². The zero-order valence-electron chi connectivity index (χ0n) is 11.6. The fourth-order valence-corrected chi connectivity index (χ4v) is 2.42. The highest BCUT2D eigenvalue weighted by molar-refractivity contribution is 6.54. The van der Waals surface area contributed by atoms with Crippen LogP contribution < -0.4 is 10.1 Å². The molecule has 0 unspecified atom stereocenters. The van der Waals surface area contributed by atoms with Gasteiger partial charge in [-0.05, 0) is 36.8 Å². The van der Waals surface area contributed by atoms with Gasteiger partial charge in [0, 0.05) is 16.7 Å². The van der Waals surface area contributed by atoms with Gasteiger partial charge in [-0.3, -0.25) is 4.79 Å². The highest BCUT2D eigenvalue weighted by atomic mass is 35.5. The molecule has 4 nitrogen and oxygen atoms in total. The smallest absolute Gasteiger partial charge is 0.275 e. The highest BCUT2D eigenvalue weighted by Crippen LogP contribution is 2.33. The molecule has 2 aromatic rings. The lowest BCUT2D eigenvalue weighted by Crippen LogP contribution is -2.13. The summed E-state index contributed by atoms with van der Waals surface area (Å²) < 4.78 is 5.16. The van der Waals surface area contributed by atoms with Gasteiger partial charge in [-0.25, -0.2) is 4.99 Å². The minimum absolute atomic E-state index is 0.224. The Bertz CT molecular complexity index is 769. The van der Waals surface area contributed by atoms with Crippen LogP contribution in [0.25, 0.3) is 0 Å². The van der Waals surface area contributed by atoms with E-state index >= 15 is 0 Å². The number of rotatable bonds is 2. The van der Waals surface area contributed by atoms with Crippen molar-refractivity contribution in [2.75, 3.05) is 12.4 Å². The molecule has 0 aliphatic carbocycles. The fraction of sp³-hybridized carbons (Fsp3) is 0.125. The van der Waals surface area contributed by atoms with Crippen LogP contribution in [0, 0.1) is 6.92 Å². The average molecular weight is 301 g/mol. The van der Waals surface area contributed by atoms with E-state index in [1.54, 1.807) is 19.2 Å². The Balaban J connectivity index is 2.10. The summed E-state index contributed by atoms with van der Waals surface area (Å²) in [6.45, 7) is 1.87. The lowest BCUT2D eigenvalue weighted by Gasteiger charge is -2.04. The monoisotopic (exact) mass is 300 g/mol. The number of carbonyl (C=O) groups is 1. The lowest BCUT2D eigenvalue weighted by atomic mass is 10.1. The van der Waals surface area contributed by atoms with E-state index in [1.807, 2.05) is 31.2 Å². The van der Waals surface area contributed by atoms with Gasteiger partial charge in [0.15, 0.2) is 0 Å². The molecular weight excluding hydrogens is 288 g/mol. The Labute approximate surface area is 127 Å². The Hall–Kier alpha value is -2.33. The maximum Gasteiger partial charge on any atom is 0.275 e. The first-order valence-electron chi connectivity index (χ1n) is 6.43. The van der Waals surface area contributed by atoms with Crippen LogP contribution in [-0.2, 0) is 4.79 Å². The van der Waals surface area contributed by atoms with E-state index in [1.165, 1.54) is 0 Å². The second kappa shape index (κ2) is 5.22. The number of carbonyl (C=O) groups excluding carboxylic acids is 1. The first-order valence-corrected chi connectivity index (χ1v) is 6.81. The summed E-state index contributed by atoms with van der Waals surface area (Å²) in [4.78, 5) is 16.6. The molecule has 5 heteroatoms. The Kier molecular flexibility index (Phi) is 3.39. The summed E-state index contributed by atoms with van der Waals surface area (Å²) in [6.07, 6.45) is 0. The number of nitrogens with zero attached hydrogens (tertiary/aromatic N) is 1. The van der Waals surface area contributed by atoms with Crippen LogP contribution >= 0.6 is 11.6 Å². The molecule has 0 radical (unpaired) electrons. The van der Waals surface area contributed by atoms with Gasteiger partial charge < -0.3 is 10.1 Å². The molecule has 21 heavy (non-hydrogen) atoms. The zero-order chi connectivity index (χ0) is 15.0. The topological polar surface area (TPSA) is 50.7 Å². The predicted octanol–water partition coefficient (Wildman–Crippen LogP) is 3.73. The summed E-state index contributed by atoms with van der Waals surface area (Å²) in [5, 5.41) is 3.44.